The fourth-order valence-corrected chi connectivity index (χ4v) is 3.06. The standard InChI is InChI=1S/C12H21N3O2S/c1-4-12(3,5-2)15-18(16,17)11-8-6-10(14-13)7-9-11/h6-9,14-15H,4-5,13H2,1-3H3. The van der Waals surface area contributed by atoms with Crippen LogP contribution in [0.1, 0.15) is 33.6 Å². The molecular weight excluding hydrogens is 250 g/mol. The van der Waals surface area contributed by atoms with Gasteiger partial charge in [-0.15, -0.1) is 0 Å². The molecule has 4 N–H and O–H groups in total. The molecule has 0 heterocycles. The second-order valence-corrected chi connectivity index (χ2v) is 6.22. The zero-order valence-corrected chi connectivity index (χ0v) is 11.8. The number of nitrogen functional groups attached to an aromatic ring is 1. The van der Waals surface area contributed by atoms with E-state index in [-0.39, 0.29) is 4.90 Å². The molecule has 0 aromatic heterocycles. The molecular formula is C12H21N3O2S. The van der Waals surface area contributed by atoms with Crippen molar-refractivity contribution in [3.05, 3.63) is 24.3 Å². The molecule has 0 amide bonds. The highest BCUT2D eigenvalue weighted by Crippen LogP contribution is 2.19. The lowest BCUT2D eigenvalue weighted by Gasteiger charge is -2.27. The molecule has 0 spiro atoms. The van der Waals surface area contributed by atoms with Gasteiger partial charge in [0.2, 0.25) is 10.0 Å². The van der Waals surface area contributed by atoms with Gasteiger partial charge in [-0.2, -0.15) is 0 Å². The molecule has 0 aliphatic carbocycles. The van der Waals surface area contributed by atoms with Gasteiger partial charge in [0.15, 0.2) is 0 Å². The van der Waals surface area contributed by atoms with E-state index in [1.54, 1.807) is 12.1 Å². The highest BCUT2D eigenvalue weighted by molar-refractivity contribution is 7.89. The van der Waals surface area contributed by atoms with Crippen molar-refractivity contribution >= 4 is 15.7 Å². The first-order valence-corrected chi connectivity index (χ1v) is 7.46. The van der Waals surface area contributed by atoms with E-state index in [4.69, 9.17) is 5.84 Å². The first kappa shape index (κ1) is 14.9. The highest BCUT2D eigenvalue weighted by Gasteiger charge is 2.27. The average molecular weight is 271 g/mol. The van der Waals surface area contributed by atoms with Crippen LogP contribution in [0.5, 0.6) is 0 Å². The van der Waals surface area contributed by atoms with E-state index in [1.807, 2.05) is 20.8 Å². The van der Waals surface area contributed by atoms with Crippen LogP contribution < -0.4 is 16.0 Å². The van der Waals surface area contributed by atoms with Crippen molar-refractivity contribution in [3.8, 4) is 0 Å². The maximum atomic E-state index is 12.2. The third-order valence-corrected chi connectivity index (χ3v) is 4.93. The second-order valence-electron chi connectivity index (χ2n) is 4.54. The molecule has 0 saturated carbocycles. The predicted octanol–water partition coefficient (Wildman–Crippen LogP) is 1.83. The van der Waals surface area contributed by atoms with Crippen molar-refractivity contribution < 1.29 is 8.42 Å². The summed E-state index contributed by atoms with van der Waals surface area (Å²) in [5.74, 6) is 5.24. The minimum absolute atomic E-state index is 0.245. The lowest BCUT2D eigenvalue weighted by atomic mass is 9.98. The molecule has 5 nitrogen and oxygen atoms in total. The van der Waals surface area contributed by atoms with Gasteiger partial charge < -0.3 is 5.43 Å². The van der Waals surface area contributed by atoms with E-state index in [1.165, 1.54) is 12.1 Å². The summed E-state index contributed by atoms with van der Waals surface area (Å²) in [7, 11) is -3.49. The van der Waals surface area contributed by atoms with Crippen LogP contribution in [0.25, 0.3) is 0 Å². The molecule has 1 rings (SSSR count). The van der Waals surface area contributed by atoms with E-state index in [9.17, 15) is 8.42 Å². The van der Waals surface area contributed by atoms with Crippen LogP contribution >= 0.6 is 0 Å². The molecule has 0 bridgehead atoms. The van der Waals surface area contributed by atoms with Gasteiger partial charge in [-0.3, -0.25) is 5.84 Å². The van der Waals surface area contributed by atoms with Crippen molar-refractivity contribution in [1.29, 1.82) is 0 Å². The van der Waals surface area contributed by atoms with Crippen molar-refractivity contribution in [2.24, 2.45) is 5.84 Å². The first-order chi connectivity index (χ1) is 8.37. The van der Waals surface area contributed by atoms with Gasteiger partial charge in [-0.1, -0.05) is 13.8 Å². The highest BCUT2D eigenvalue weighted by atomic mass is 32.2. The lowest BCUT2D eigenvalue weighted by molar-refractivity contribution is 0.388. The average Bonchev–Trinajstić information content (AvgIpc) is 2.38. The van der Waals surface area contributed by atoms with Crippen LogP contribution in [0, 0.1) is 0 Å². The fourth-order valence-electron chi connectivity index (χ4n) is 1.51. The van der Waals surface area contributed by atoms with E-state index in [0.29, 0.717) is 5.69 Å². The zero-order valence-electron chi connectivity index (χ0n) is 11.0. The Kier molecular flexibility index (Phi) is 4.72. The number of nitrogens with one attached hydrogen (secondary N) is 2. The third-order valence-electron chi connectivity index (χ3n) is 3.27. The van der Waals surface area contributed by atoms with Crippen molar-refractivity contribution in [3.63, 3.8) is 0 Å². The molecule has 18 heavy (non-hydrogen) atoms. The minimum atomic E-state index is -3.49. The summed E-state index contributed by atoms with van der Waals surface area (Å²) < 4.78 is 27.1. The van der Waals surface area contributed by atoms with E-state index in [0.717, 1.165) is 12.8 Å². The molecule has 102 valence electrons. The normalized spacial score (nSPS) is 12.4. The molecule has 0 radical (unpaired) electrons. The topological polar surface area (TPSA) is 84.2 Å². The second kappa shape index (κ2) is 5.69. The third kappa shape index (κ3) is 3.44. The van der Waals surface area contributed by atoms with Crippen molar-refractivity contribution in [2.45, 2.75) is 44.0 Å². The summed E-state index contributed by atoms with van der Waals surface area (Å²) in [5.41, 5.74) is 2.72. The fraction of sp³-hybridized carbons (Fsp3) is 0.500. The molecule has 0 atom stereocenters. The number of rotatable bonds is 6. The molecule has 0 fully saturated rings. The van der Waals surface area contributed by atoms with Crippen molar-refractivity contribution in [2.75, 3.05) is 5.43 Å². The monoisotopic (exact) mass is 271 g/mol. The van der Waals surface area contributed by atoms with Crippen LogP contribution in [0.15, 0.2) is 29.2 Å². The summed E-state index contributed by atoms with van der Waals surface area (Å²) in [5, 5.41) is 0. The van der Waals surface area contributed by atoms with Gasteiger partial charge in [0.1, 0.15) is 0 Å². The Morgan fingerprint density at radius 1 is 1.17 bits per heavy atom. The van der Waals surface area contributed by atoms with Crippen LogP contribution in [-0.4, -0.2) is 14.0 Å². The minimum Gasteiger partial charge on any atom is -0.324 e. The summed E-state index contributed by atoms with van der Waals surface area (Å²) in [4.78, 5) is 0.245. The Labute approximate surface area is 109 Å². The van der Waals surface area contributed by atoms with Gasteiger partial charge in [0.05, 0.1) is 4.90 Å². The van der Waals surface area contributed by atoms with Crippen LogP contribution in [0.2, 0.25) is 0 Å². The quantitative estimate of drug-likeness (QED) is 0.544. The Morgan fingerprint density at radius 2 is 1.67 bits per heavy atom. The lowest BCUT2D eigenvalue weighted by Crippen LogP contribution is -2.44. The number of sulfonamides is 1. The maximum Gasteiger partial charge on any atom is 0.241 e. The summed E-state index contributed by atoms with van der Waals surface area (Å²) in [6, 6.07) is 6.32. The molecule has 0 saturated heterocycles. The number of hydrogen-bond acceptors (Lipinski definition) is 4. The van der Waals surface area contributed by atoms with E-state index < -0.39 is 15.6 Å². The molecule has 1 aromatic carbocycles. The number of benzene rings is 1. The Bertz CT molecular complexity index is 479. The van der Waals surface area contributed by atoms with E-state index >= 15 is 0 Å². The summed E-state index contributed by atoms with van der Waals surface area (Å²) >= 11 is 0. The van der Waals surface area contributed by atoms with Gasteiger partial charge in [-0.05, 0) is 44.0 Å². The van der Waals surface area contributed by atoms with Gasteiger partial charge in [-0.25, -0.2) is 13.1 Å². The number of hydrazine groups is 1. The largest absolute Gasteiger partial charge is 0.324 e. The van der Waals surface area contributed by atoms with Crippen molar-refractivity contribution in [1.82, 2.24) is 4.72 Å². The zero-order chi connectivity index (χ0) is 13.8. The molecule has 6 heteroatoms. The number of nitrogens with two attached hydrogens (primary N) is 1. The Balaban J connectivity index is 2.99. The van der Waals surface area contributed by atoms with Crippen LogP contribution in [0.4, 0.5) is 5.69 Å². The molecule has 0 unspecified atom stereocenters. The maximum absolute atomic E-state index is 12.2. The first-order valence-electron chi connectivity index (χ1n) is 5.97. The summed E-state index contributed by atoms with van der Waals surface area (Å²) in [6.07, 6.45) is 1.48. The Hall–Kier alpha value is -1.11. The molecule has 1 aromatic rings. The smallest absolute Gasteiger partial charge is 0.241 e. The summed E-state index contributed by atoms with van der Waals surface area (Å²) in [6.45, 7) is 5.83. The van der Waals surface area contributed by atoms with Crippen LogP contribution in [-0.2, 0) is 10.0 Å². The van der Waals surface area contributed by atoms with E-state index in [2.05, 4.69) is 10.1 Å². The Morgan fingerprint density at radius 3 is 2.06 bits per heavy atom. The van der Waals surface area contributed by atoms with Crippen LogP contribution in [0.3, 0.4) is 0 Å². The molecule has 0 aliphatic rings. The van der Waals surface area contributed by atoms with Gasteiger partial charge in [0, 0.05) is 11.2 Å². The van der Waals surface area contributed by atoms with Gasteiger partial charge in [0.25, 0.3) is 0 Å². The predicted molar refractivity (Wildman–Crippen MR) is 73.6 cm³/mol. The SMILES string of the molecule is CCC(C)(CC)NS(=O)(=O)c1ccc(NN)cc1. The number of anilines is 1. The number of hydrogen-bond donors (Lipinski definition) is 3. The van der Waals surface area contributed by atoms with Gasteiger partial charge >= 0.3 is 0 Å². The molecule has 0 aliphatic heterocycles.